The van der Waals surface area contributed by atoms with Crippen LogP contribution in [0.25, 0.3) is 0 Å². The first kappa shape index (κ1) is 14.2. The zero-order chi connectivity index (χ0) is 13.9. The average Bonchev–Trinajstić information content (AvgIpc) is 2.85. The van der Waals surface area contributed by atoms with Crippen molar-refractivity contribution in [3.05, 3.63) is 40.6 Å². The quantitative estimate of drug-likeness (QED) is 0.872. The summed E-state index contributed by atoms with van der Waals surface area (Å²) in [6, 6.07) is 6.56. The Bertz CT molecular complexity index is 652. The van der Waals surface area contributed by atoms with Crippen LogP contribution >= 0.6 is 15.9 Å². The maximum Gasteiger partial charge on any atom is 0.180 e. The number of rotatable bonds is 5. The van der Waals surface area contributed by atoms with Crippen LogP contribution in [0, 0.1) is 0 Å². The van der Waals surface area contributed by atoms with Crippen LogP contribution in [0.5, 0.6) is 0 Å². The Morgan fingerprint density at radius 2 is 1.95 bits per heavy atom. The highest BCUT2D eigenvalue weighted by atomic mass is 79.9. The number of aromatic nitrogens is 3. The Balaban J connectivity index is 2.07. The maximum atomic E-state index is 12.1. The van der Waals surface area contributed by atoms with Gasteiger partial charge >= 0.3 is 0 Å². The van der Waals surface area contributed by atoms with Gasteiger partial charge in [0.25, 0.3) is 0 Å². The molecule has 0 atom stereocenters. The molecule has 1 aromatic heterocycles. The van der Waals surface area contributed by atoms with Gasteiger partial charge in [0, 0.05) is 17.2 Å². The van der Waals surface area contributed by atoms with Crippen molar-refractivity contribution in [3.8, 4) is 0 Å². The molecular weight excluding hydrogens is 332 g/mol. The van der Waals surface area contributed by atoms with Crippen LogP contribution in [0.4, 0.5) is 0 Å². The van der Waals surface area contributed by atoms with E-state index in [1.165, 1.54) is 4.68 Å². The van der Waals surface area contributed by atoms with E-state index in [-0.39, 0.29) is 12.3 Å². The van der Waals surface area contributed by atoms with Gasteiger partial charge in [-0.05, 0) is 24.3 Å². The molecule has 0 saturated heterocycles. The fourth-order valence-corrected chi connectivity index (χ4v) is 2.99. The molecule has 0 spiro atoms. The monoisotopic (exact) mass is 344 g/mol. The van der Waals surface area contributed by atoms with E-state index < -0.39 is 9.84 Å². The molecule has 6 nitrogen and oxygen atoms in total. The number of hydrogen-bond acceptors (Lipinski definition) is 5. The van der Waals surface area contributed by atoms with Gasteiger partial charge in [-0.15, -0.1) is 5.10 Å². The normalized spacial score (nSPS) is 11.7. The first-order valence-corrected chi connectivity index (χ1v) is 8.03. The number of nitrogens with two attached hydrogens (primary N) is 1. The minimum atomic E-state index is -3.31. The fourth-order valence-electron chi connectivity index (χ4n) is 1.51. The van der Waals surface area contributed by atoms with Gasteiger partial charge in [0.2, 0.25) is 0 Å². The zero-order valence-corrected chi connectivity index (χ0v) is 12.4. The van der Waals surface area contributed by atoms with Crippen molar-refractivity contribution in [2.45, 2.75) is 18.0 Å². The lowest BCUT2D eigenvalue weighted by atomic mass is 10.4. The van der Waals surface area contributed by atoms with Crippen molar-refractivity contribution in [1.82, 2.24) is 15.0 Å². The second-order valence-corrected chi connectivity index (χ2v) is 6.97. The molecule has 1 heterocycles. The number of benzene rings is 1. The van der Waals surface area contributed by atoms with Gasteiger partial charge < -0.3 is 5.73 Å². The lowest BCUT2D eigenvalue weighted by Crippen LogP contribution is -2.13. The van der Waals surface area contributed by atoms with Crippen molar-refractivity contribution >= 4 is 25.8 Å². The largest absolute Gasteiger partial charge is 0.325 e. The van der Waals surface area contributed by atoms with Crippen molar-refractivity contribution in [3.63, 3.8) is 0 Å². The highest BCUT2D eigenvalue weighted by molar-refractivity contribution is 9.10. The van der Waals surface area contributed by atoms with Crippen molar-refractivity contribution < 1.29 is 8.42 Å². The standard InChI is InChI=1S/C11H13BrN4O2S/c12-9-1-3-11(4-2-9)19(17,18)6-5-16-8-10(7-13)14-15-16/h1-4,8H,5-7,13H2. The Morgan fingerprint density at radius 1 is 1.26 bits per heavy atom. The summed E-state index contributed by atoms with van der Waals surface area (Å²) in [5, 5.41) is 7.62. The Morgan fingerprint density at radius 3 is 2.53 bits per heavy atom. The number of sulfone groups is 1. The molecular formula is C11H13BrN4O2S. The first-order chi connectivity index (χ1) is 9.01. The topological polar surface area (TPSA) is 90.9 Å². The SMILES string of the molecule is NCc1cn(CCS(=O)(=O)c2ccc(Br)cc2)nn1. The number of nitrogens with zero attached hydrogens (tertiary/aromatic N) is 3. The van der Waals surface area contributed by atoms with Crippen LogP contribution in [-0.4, -0.2) is 29.2 Å². The van der Waals surface area contributed by atoms with Crippen LogP contribution in [0.1, 0.15) is 5.69 Å². The number of halogens is 1. The highest BCUT2D eigenvalue weighted by Crippen LogP contribution is 2.16. The third kappa shape index (κ3) is 3.62. The van der Waals surface area contributed by atoms with Crippen LogP contribution < -0.4 is 5.73 Å². The lowest BCUT2D eigenvalue weighted by molar-refractivity contribution is 0.575. The van der Waals surface area contributed by atoms with Gasteiger partial charge in [-0.2, -0.15) is 0 Å². The third-order valence-electron chi connectivity index (χ3n) is 2.56. The van der Waals surface area contributed by atoms with E-state index in [4.69, 9.17) is 5.73 Å². The van der Waals surface area contributed by atoms with Crippen LogP contribution in [-0.2, 0) is 22.9 Å². The molecule has 0 bridgehead atoms. The molecule has 0 fully saturated rings. The van der Waals surface area contributed by atoms with E-state index in [0.29, 0.717) is 17.1 Å². The fraction of sp³-hybridized carbons (Fsp3) is 0.273. The minimum Gasteiger partial charge on any atom is -0.325 e. The third-order valence-corrected chi connectivity index (χ3v) is 4.80. The number of aryl methyl sites for hydroxylation is 1. The van der Waals surface area contributed by atoms with Gasteiger partial charge in [-0.1, -0.05) is 21.1 Å². The number of hydrogen-bond donors (Lipinski definition) is 1. The summed E-state index contributed by atoms with van der Waals surface area (Å²) >= 11 is 3.27. The molecule has 2 aromatic rings. The van der Waals surface area contributed by atoms with E-state index in [0.717, 1.165) is 4.47 Å². The highest BCUT2D eigenvalue weighted by Gasteiger charge is 2.14. The molecule has 0 amide bonds. The average molecular weight is 345 g/mol. The van der Waals surface area contributed by atoms with Gasteiger partial charge in [-0.25, -0.2) is 8.42 Å². The van der Waals surface area contributed by atoms with E-state index >= 15 is 0 Å². The summed E-state index contributed by atoms with van der Waals surface area (Å²) in [7, 11) is -3.31. The summed E-state index contributed by atoms with van der Waals surface area (Å²) in [4.78, 5) is 0.301. The lowest BCUT2D eigenvalue weighted by Gasteiger charge is -2.04. The van der Waals surface area contributed by atoms with Gasteiger partial charge in [-0.3, -0.25) is 4.68 Å². The van der Waals surface area contributed by atoms with Crippen LogP contribution in [0.3, 0.4) is 0 Å². The molecule has 0 aliphatic carbocycles. The molecule has 8 heteroatoms. The molecule has 1 aromatic carbocycles. The van der Waals surface area contributed by atoms with Gasteiger partial charge in [0.05, 0.1) is 22.9 Å². The summed E-state index contributed by atoms with van der Waals surface area (Å²) in [6.07, 6.45) is 1.65. The summed E-state index contributed by atoms with van der Waals surface area (Å²) < 4.78 is 26.5. The van der Waals surface area contributed by atoms with Crippen LogP contribution in [0.15, 0.2) is 39.8 Å². The summed E-state index contributed by atoms with van der Waals surface area (Å²) in [6.45, 7) is 0.546. The summed E-state index contributed by atoms with van der Waals surface area (Å²) in [5.74, 6) is -0.0258. The molecule has 2 N–H and O–H groups in total. The second kappa shape index (κ2) is 5.81. The minimum absolute atomic E-state index is 0.0258. The molecule has 2 rings (SSSR count). The van der Waals surface area contributed by atoms with Crippen molar-refractivity contribution in [1.29, 1.82) is 0 Å². The molecule has 0 unspecified atom stereocenters. The van der Waals surface area contributed by atoms with E-state index in [1.807, 2.05) is 0 Å². The van der Waals surface area contributed by atoms with E-state index in [1.54, 1.807) is 30.5 Å². The molecule has 0 radical (unpaired) electrons. The predicted molar refractivity (Wildman–Crippen MR) is 74.1 cm³/mol. The van der Waals surface area contributed by atoms with Crippen molar-refractivity contribution in [2.24, 2.45) is 5.73 Å². The predicted octanol–water partition coefficient (Wildman–Crippen LogP) is 0.973. The Kier molecular flexibility index (Phi) is 4.33. The van der Waals surface area contributed by atoms with Gasteiger partial charge in [0.1, 0.15) is 0 Å². The van der Waals surface area contributed by atoms with Crippen molar-refractivity contribution in [2.75, 3.05) is 5.75 Å². The molecule has 0 aliphatic rings. The first-order valence-electron chi connectivity index (χ1n) is 5.58. The second-order valence-electron chi connectivity index (χ2n) is 3.95. The molecule has 102 valence electrons. The smallest absolute Gasteiger partial charge is 0.180 e. The summed E-state index contributed by atoms with van der Waals surface area (Å²) in [5.41, 5.74) is 6.05. The Hall–Kier alpha value is -1.25. The van der Waals surface area contributed by atoms with Gasteiger partial charge in [0.15, 0.2) is 9.84 Å². The van der Waals surface area contributed by atoms with E-state index in [2.05, 4.69) is 26.2 Å². The van der Waals surface area contributed by atoms with E-state index in [9.17, 15) is 8.42 Å². The van der Waals surface area contributed by atoms with Crippen LogP contribution in [0.2, 0.25) is 0 Å². The maximum absolute atomic E-state index is 12.1. The molecule has 0 aliphatic heterocycles. The Labute approximate surface area is 119 Å². The molecule has 0 saturated carbocycles. The zero-order valence-electron chi connectivity index (χ0n) is 10.0. The molecule has 19 heavy (non-hydrogen) atoms.